The minimum absolute atomic E-state index is 0.210. The predicted molar refractivity (Wildman–Crippen MR) is 70.2 cm³/mol. The van der Waals surface area contributed by atoms with Crippen LogP contribution in [0.4, 0.5) is 0 Å². The molecule has 0 aromatic carbocycles. The Labute approximate surface area is 107 Å². The molecule has 0 radical (unpaired) electrons. The van der Waals surface area contributed by atoms with Crippen molar-refractivity contribution in [3.8, 4) is 0 Å². The summed E-state index contributed by atoms with van der Waals surface area (Å²) >= 11 is 1.75. The molecule has 4 heteroatoms. The van der Waals surface area contributed by atoms with Gasteiger partial charge in [0.1, 0.15) is 0 Å². The molecule has 0 unspecified atom stereocenters. The minimum atomic E-state index is -0.210. The summed E-state index contributed by atoms with van der Waals surface area (Å²) in [5.41, 5.74) is 0.963. The smallest absolute Gasteiger partial charge is 0.309 e. The van der Waals surface area contributed by atoms with Crippen molar-refractivity contribution >= 4 is 17.7 Å². The normalized spacial score (nSPS) is 10.2. The van der Waals surface area contributed by atoms with Gasteiger partial charge in [-0.05, 0) is 29.9 Å². The molecule has 0 aliphatic heterocycles. The molecule has 0 N–H and O–H groups in total. The number of pyridine rings is 1. The summed E-state index contributed by atoms with van der Waals surface area (Å²) in [5.74, 6) is 0.876. The van der Waals surface area contributed by atoms with E-state index in [4.69, 9.17) is 0 Å². The van der Waals surface area contributed by atoms with E-state index in [0.29, 0.717) is 6.42 Å². The van der Waals surface area contributed by atoms with Crippen LogP contribution in [0, 0.1) is 0 Å². The van der Waals surface area contributed by atoms with E-state index in [0.717, 1.165) is 16.3 Å². The van der Waals surface area contributed by atoms with Gasteiger partial charge in [0.05, 0.1) is 18.6 Å². The van der Waals surface area contributed by atoms with Crippen LogP contribution in [-0.2, 0) is 16.0 Å². The van der Waals surface area contributed by atoms with Crippen LogP contribution in [0.5, 0.6) is 0 Å². The lowest BCUT2D eigenvalue weighted by Gasteiger charge is -2.03. The van der Waals surface area contributed by atoms with E-state index >= 15 is 0 Å². The molecule has 0 saturated carbocycles. The summed E-state index contributed by atoms with van der Waals surface area (Å²) in [4.78, 5) is 15.4. The number of unbranched alkanes of at least 4 members (excludes halogenated alkanes) is 2. The fraction of sp³-hybridized carbons (Fsp3) is 0.538. The fourth-order valence-electron chi connectivity index (χ4n) is 1.41. The van der Waals surface area contributed by atoms with Crippen molar-refractivity contribution in [1.82, 2.24) is 4.98 Å². The Morgan fingerprint density at radius 3 is 3.00 bits per heavy atom. The zero-order chi connectivity index (χ0) is 12.5. The van der Waals surface area contributed by atoms with Crippen LogP contribution in [0.3, 0.4) is 0 Å². The highest BCUT2D eigenvalue weighted by atomic mass is 32.2. The molecule has 0 atom stereocenters. The van der Waals surface area contributed by atoms with Crippen LogP contribution in [-0.4, -0.2) is 23.8 Å². The highest BCUT2D eigenvalue weighted by molar-refractivity contribution is 7.99. The Bertz CT molecular complexity index is 355. The second-order valence-corrected chi connectivity index (χ2v) is 4.93. The van der Waals surface area contributed by atoms with Gasteiger partial charge in [-0.2, -0.15) is 0 Å². The molecule has 0 bridgehead atoms. The number of nitrogens with zero attached hydrogens (tertiary/aromatic N) is 1. The number of thioether (sulfide) groups is 1. The summed E-state index contributed by atoms with van der Waals surface area (Å²) in [6.45, 7) is 2.19. The maximum atomic E-state index is 11.1. The van der Waals surface area contributed by atoms with E-state index in [9.17, 15) is 4.79 Å². The Morgan fingerprint density at radius 1 is 1.47 bits per heavy atom. The number of esters is 1. The van der Waals surface area contributed by atoms with Gasteiger partial charge in [0.25, 0.3) is 0 Å². The maximum absolute atomic E-state index is 11.1. The summed E-state index contributed by atoms with van der Waals surface area (Å²) < 4.78 is 4.64. The maximum Gasteiger partial charge on any atom is 0.309 e. The van der Waals surface area contributed by atoms with Crippen molar-refractivity contribution in [2.24, 2.45) is 0 Å². The first kappa shape index (κ1) is 14.0. The molecule has 1 aromatic rings. The van der Waals surface area contributed by atoms with Crippen molar-refractivity contribution in [3.63, 3.8) is 0 Å². The molecule has 0 amide bonds. The Morgan fingerprint density at radius 2 is 2.29 bits per heavy atom. The summed E-state index contributed by atoms with van der Waals surface area (Å²) in [6.07, 6.45) is 5.78. The van der Waals surface area contributed by atoms with Crippen LogP contribution in [0.25, 0.3) is 0 Å². The third-order valence-electron chi connectivity index (χ3n) is 2.37. The second kappa shape index (κ2) is 8.12. The Kier molecular flexibility index (Phi) is 6.70. The molecule has 94 valence electrons. The van der Waals surface area contributed by atoms with Crippen LogP contribution in [0.1, 0.15) is 31.7 Å². The lowest BCUT2D eigenvalue weighted by Crippen LogP contribution is -2.04. The number of carbonyl (C=O) groups is 1. The minimum Gasteiger partial charge on any atom is -0.469 e. The SMILES string of the molecule is CCCCCSc1cc(CC(=O)OC)ccn1. The van der Waals surface area contributed by atoms with Gasteiger partial charge < -0.3 is 4.74 Å². The van der Waals surface area contributed by atoms with Gasteiger partial charge in [-0.15, -0.1) is 11.8 Å². The zero-order valence-corrected chi connectivity index (χ0v) is 11.3. The number of aromatic nitrogens is 1. The molecule has 1 rings (SSSR count). The molecule has 0 saturated heterocycles. The molecule has 17 heavy (non-hydrogen) atoms. The standard InChI is InChI=1S/C13H19NO2S/c1-3-4-5-8-17-12-9-11(6-7-14-12)10-13(15)16-2/h6-7,9H,3-5,8,10H2,1-2H3. The van der Waals surface area contributed by atoms with E-state index in [1.165, 1.54) is 26.4 Å². The van der Waals surface area contributed by atoms with E-state index in [2.05, 4.69) is 16.6 Å². The van der Waals surface area contributed by atoms with Crippen LogP contribution < -0.4 is 0 Å². The van der Waals surface area contributed by atoms with Crippen LogP contribution >= 0.6 is 11.8 Å². The highest BCUT2D eigenvalue weighted by Crippen LogP contribution is 2.18. The quantitative estimate of drug-likeness (QED) is 0.425. The number of methoxy groups -OCH3 is 1. The molecule has 1 aromatic heterocycles. The number of hydrogen-bond donors (Lipinski definition) is 0. The number of carbonyl (C=O) groups excluding carboxylic acids is 1. The van der Waals surface area contributed by atoms with Crippen molar-refractivity contribution in [1.29, 1.82) is 0 Å². The lowest BCUT2D eigenvalue weighted by molar-refractivity contribution is -0.139. The zero-order valence-electron chi connectivity index (χ0n) is 10.4. The highest BCUT2D eigenvalue weighted by Gasteiger charge is 2.04. The average Bonchev–Trinajstić information content (AvgIpc) is 2.35. The van der Waals surface area contributed by atoms with Gasteiger partial charge in [-0.1, -0.05) is 19.8 Å². The summed E-state index contributed by atoms with van der Waals surface area (Å²) in [5, 5.41) is 0.988. The van der Waals surface area contributed by atoms with Crippen LogP contribution in [0.15, 0.2) is 23.4 Å². The van der Waals surface area contributed by atoms with Gasteiger partial charge in [0.15, 0.2) is 0 Å². The molecular weight excluding hydrogens is 234 g/mol. The molecule has 0 spiro atoms. The van der Waals surface area contributed by atoms with Gasteiger partial charge in [-0.3, -0.25) is 4.79 Å². The third-order valence-corrected chi connectivity index (χ3v) is 3.39. The van der Waals surface area contributed by atoms with Gasteiger partial charge >= 0.3 is 5.97 Å². The first-order valence-electron chi connectivity index (χ1n) is 5.90. The van der Waals surface area contributed by atoms with Crippen molar-refractivity contribution in [2.75, 3.05) is 12.9 Å². The van der Waals surface area contributed by atoms with Gasteiger partial charge in [0.2, 0.25) is 0 Å². The summed E-state index contributed by atoms with van der Waals surface area (Å²) in [6, 6.07) is 3.82. The number of hydrogen-bond acceptors (Lipinski definition) is 4. The van der Waals surface area contributed by atoms with Crippen molar-refractivity contribution in [3.05, 3.63) is 23.9 Å². The molecular formula is C13H19NO2S. The topological polar surface area (TPSA) is 39.2 Å². The van der Waals surface area contributed by atoms with Crippen LogP contribution in [0.2, 0.25) is 0 Å². The molecule has 0 aliphatic rings. The fourth-order valence-corrected chi connectivity index (χ4v) is 2.33. The average molecular weight is 253 g/mol. The molecule has 3 nitrogen and oxygen atoms in total. The van der Waals surface area contributed by atoms with Crippen molar-refractivity contribution in [2.45, 2.75) is 37.6 Å². The second-order valence-electron chi connectivity index (χ2n) is 3.81. The van der Waals surface area contributed by atoms with E-state index < -0.39 is 0 Å². The Hall–Kier alpha value is -1.03. The van der Waals surface area contributed by atoms with E-state index in [1.807, 2.05) is 12.1 Å². The first-order valence-corrected chi connectivity index (χ1v) is 6.89. The third kappa shape index (κ3) is 5.73. The number of rotatable bonds is 7. The predicted octanol–water partition coefficient (Wildman–Crippen LogP) is 3.08. The number of ether oxygens (including phenoxy) is 1. The van der Waals surface area contributed by atoms with E-state index in [-0.39, 0.29) is 5.97 Å². The Balaban J connectivity index is 2.45. The molecule has 1 heterocycles. The molecule has 0 aliphatic carbocycles. The lowest BCUT2D eigenvalue weighted by atomic mass is 10.2. The van der Waals surface area contributed by atoms with Gasteiger partial charge in [0, 0.05) is 6.20 Å². The first-order chi connectivity index (χ1) is 8.26. The summed E-state index contributed by atoms with van der Waals surface area (Å²) in [7, 11) is 1.41. The molecule has 0 fully saturated rings. The van der Waals surface area contributed by atoms with Gasteiger partial charge in [-0.25, -0.2) is 4.98 Å². The monoisotopic (exact) mass is 253 g/mol. The van der Waals surface area contributed by atoms with Crippen molar-refractivity contribution < 1.29 is 9.53 Å². The van der Waals surface area contributed by atoms with E-state index in [1.54, 1.807) is 18.0 Å². The largest absolute Gasteiger partial charge is 0.469 e.